The van der Waals surface area contributed by atoms with Gasteiger partial charge >= 0.3 is 0 Å². The lowest BCUT2D eigenvalue weighted by atomic mass is 10.1. The molecule has 0 aromatic heterocycles. The normalized spacial score (nSPS) is 10.1. The van der Waals surface area contributed by atoms with Crippen molar-refractivity contribution in [2.45, 2.75) is 6.42 Å². The fourth-order valence-electron chi connectivity index (χ4n) is 1.04. The highest BCUT2D eigenvalue weighted by molar-refractivity contribution is 9.10. The molecule has 0 aliphatic carbocycles. The largest absolute Gasteiger partial charge is 0.275 e. The average Bonchev–Trinajstić information content (AvgIpc) is 2.22. The lowest BCUT2D eigenvalue weighted by molar-refractivity contribution is -0.167. The number of hydrogen-bond acceptors (Lipinski definition) is 2. The molecule has 0 saturated carbocycles. The Bertz CT molecular complexity index is 370. The van der Waals surface area contributed by atoms with Crippen molar-refractivity contribution in [3.63, 3.8) is 0 Å². The second-order valence-electron chi connectivity index (χ2n) is 3.00. The lowest BCUT2D eigenvalue weighted by Gasteiger charge is -2.13. The molecule has 5 heteroatoms. The van der Waals surface area contributed by atoms with Crippen molar-refractivity contribution in [1.82, 2.24) is 5.06 Å². The minimum Gasteiger partial charge on any atom is -0.275 e. The van der Waals surface area contributed by atoms with Gasteiger partial charge in [0.15, 0.2) is 0 Å². The monoisotopic (exact) mass is 291 g/mol. The van der Waals surface area contributed by atoms with Crippen LogP contribution in [0.5, 0.6) is 0 Å². The van der Waals surface area contributed by atoms with Gasteiger partial charge in [-0.1, -0.05) is 17.7 Å². The number of carbonyl (C=O) groups is 1. The third-order valence-corrected chi connectivity index (χ3v) is 3.20. The summed E-state index contributed by atoms with van der Waals surface area (Å²) in [6.45, 7) is 0. The summed E-state index contributed by atoms with van der Waals surface area (Å²) in [6, 6.07) is 5.42. The van der Waals surface area contributed by atoms with Crippen molar-refractivity contribution in [3.8, 4) is 0 Å². The number of nitrogens with zero attached hydrogens (tertiary/aromatic N) is 1. The van der Waals surface area contributed by atoms with Crippen LogP contribution in [0.3, 0.4) is 0 Å². The third kappa shape index (κ3) is 3.48. The molecule has 0 spiro atoms. The van der Waals surface area contributed by atoms with Gasteiger partial charge in [-0.2, -0.15) is 0 Å². The van der Waals surface area contributed by atoms with Gasteiger partial charge in [-0.3, -0.25) is 9.63 Å². The molecule has 0 aliphatic heterocycles. The summed E-state index contributed by atoms with van der Waals surface area (Å²) >= 11 is 9.19. The Morgan fingerprint density at radius 2 is 2.27 bits per heavy atom. The number of rotatable bonds is 3. The summed E-state index contributed by atoms with van der Waals surface area (Å²) in [5.74, 6) is -0.115. The highest BCUT2D eigenvalue weighted by Gasteiger charge is 2.09. The van der Waals surface area contributed by atoms with E-state index in [0.717, 1.165) is 10.0 Å². The van der Waals surface area contributed by atoms with Gasteiger partial charge in [0.1, 0.15) is 0 Å². The molecule has 15 heavy (non-hydrogen) atoms. The molecule has 1 aromatic rings. The number of hydrogen-bond donors (Lipinski definition) is 0. The molecular weight excluding hydrogens is 281 g/mol. The minimum absolute atomic E-state index is 0.115. The van der Waals surface area contributed by atoms with Gasteiger partial charge in [-0.25, -0.2) is 5.06 Å². The molecule has 0 unspecified atom stereocenters. The summed E-state index contributed by atoms with van der Waals surface area (Å²) in [4.78, 5) is 16.3. The highest BCUT2D eigenvalue weighted by atomic mass is 79.9. The first-order chi connectivity index (χ1) is 7.04. The third-order valence-electron chi connectivity index (χ3n) is 1.96. The van der Waals surface area contributed by atoms with Crippen LogP contribution in [0, 0.1) is 0 Å². The summed E-state index contributed by atoms with van der Waals surface area (Å²) in [5, 5.41) is 1.79. The Balaban J connectivity index is 2.73. The molecule has 0 heterocycles. The van der Waals surface area contributed by atoms with Crippen molar-refractivity contribution in [1.29, 1.82) is 0 Å². The van der Waals surface area contributed by atoms with Crippen molar-refractivity contribution in [3.05, 3.63) is 33.3 Å². The van der Waals surface area contributed by atoms with Crippen molar-refractivity contribution in [2.75, 3.05) is 14.2 Å². The van der Waals surface area contributed by atoms with Crippen LogP contribution in [0.1, 0.15) is 5.56 Å². The zero-order chi connectivity index (χ0) is 11.4. The fraction of sp³-hybridized carbons (Fsp3) is 0.300. The smallest absolute Gasteiger partial charge is 0.250 e. The average molecular weight is 293 g/mol. The van der Waals surface area contributed by atoms with Crippen molar-refractivity contribution >= 4 is 33.4 Å². The summed E-state index contributed by atoms with van der Waals surface area (Å²) in [6.07, 6.45) is 0.275. The number of carbonyl (C=O) groups excluding carboxylic acids is 1. The molecule has 1 amide bonds. The van der Waals surface area contributed by atoms with Gasteiger partial charge in [0.2, 0.25) is 5.91 Å². The van der Waals surface area contributed by atoms with Gasteiger partial charge in [0.25, 0.3) is 0 Å². The zero-order valence-corrected chi connectivity index (χ0v) is 10.8. The first-order valence-corrected chi connectivity index (χ1v) is 5.46. The van der Waals surface area contributed by atoms with E-state index < -0.39 is 0 Å². The van der Waals surface area contributed by atoms with Gasteiger partial charge in [0, 0.05) is 11.5 Å². The van der Waals surface area contributed by atoms with Crippen LogP contribution in [0.4, 0.5) is 0 Å². The molecule has 1 rings (SSSR count). The maximum absolute atomic E-state index is 11.5. The molecule has 0 saturated heterocycles. The summed E-state index contributed by atoms with van der Waals surface area (Å²) in [5.41, 5.74) is 0.858. The van der Waals surface area contributed by atoms with E-state index in [-0.39, 0.29) is 12.3 Å². The first-order valence-electron chi connectivity index (χ1n) is 4.29. The van der Waals surface area contributed by atoms with E-state index in [1.165, 1.54) is 12.2 Å². The van der Waals surface area contributed by atoms with E-state index in [0.29, 0.717) is 5.02 Å². The molecule has 0 aliphatic rings. The van der Waals surface area contributed by atoms with Crippen molar-refractivity contribution in [2.24, 2.45) is 0 Å². The SMILES string of the molecule is CON(C)C(=O)Cc1ccc(Br)c(Cl)c1. The van der Waals surface area contributed by atoms with Gasteiger partial charge in [0.05, 0.1) is 18.6 Å². The number of hydroxylamine groups is 2. The van der Waals surface area contributed by atoms with Crippen LogP contribution in [0.2, 0.25) is 5.02 Å². The van der Waals surface area contributed by atoms with Crippen LogP contribution >= 0.6 is 27.5 Å². The number of likely N-dealkylation sites (N-methyl/N-ethyl adjacent to an activating group) is 1. The highest BCUT2D eigenvalue weighted by Crippen LogP contribution is 2.23. The van der Waals surface area contributed by atoms with Crippen LogP contribution in [0.15, 0.2) is 22.7 Å². The summed E-state index contributed by atoms with van der Waals surface area (Å²) in [7, 11) is 3.02. The topological polar surface area (TPSA) is 29.5 Å². The molecule has 0 atom stereocenters. The standard InChI is InChI=1S/C10H11BrClNO2/c1-13(15-2)10(14)6-7-3-4-8(11)9(12)5-7/h3-5H,6H2,1-2H3. The molecule has 0 radical (unpaired) electrons. The predicted molar refractivity (Wildman–Crippen MR) is 62.6 cm³/mol. The van der Waals surface area contributed by atoms with Gasteiger partial charge in [-0.05, 0) is 33.6 Å². The van der Waals surface area contributed by atoms with E-state index in [1.54, 1.807) is 13.1 Å². The molecule has 82 valence electrons. The molecule has 0 N–H and O–H groups in total. The molecule has 0 fully saturated rings. The van der Waals surface area contributed by atoms with E-state index in [9.17, 15) is 4.79 Å². The Morgan fingerprint density at radius 3 is 2.80 bits per heavy atom. The van der Waals surface area contributed by atoms with E-state index >= 15 is 0 Å². The Kier molecular flexibility index (Phi) is 4.57. The maximum atomic E-state index is 11.5. The first kappa shape index (κ1) is 12.5. The molecular formula is C10H11BrClNO2. The van der Waals surface area contributed by atoms with Crippen LogP contribution < -0.4 is 0 Å². The second kappa shape index (κ2) is 5.49. The van der Waals surface area contributed by atoms with E-state index in [4.69, 9.17) is 16.4 Å². The molecule has 1 aromatic carbocycles. The van der Waals surface area contributed by atoms with Crippen LogP contribution in [-0.2, 0) is 16.1 Å². The Labute approximate surface area is 102 Å². The lowest BCUT2D eigenvalue weighted by Crippen LogP contribution is -2.26. The number of amides is 1. The summed E-state index contributed by atoms with van der Waals surface area (Å²) < 4.78 is 0.820. The number of halogens is 2. The fourth-order valence-corrected chi connectivity index (χ4v) is 1.49. The van der Waals surface area contributed by atoms with Crippen molar-refractivity contribution < 1.29 is 9.63 Å². The maximum Gasteiger partial charge on any atom is 0.250 e. The molecule has 3 nitrogen and oxygen atoms in total. The predicted octanol–water partition coefficient (Wildman–Crippen LogP) is 2.66. The van der Waals surface area contributed by atoms with Crippen LogP contribution in [-0.4, -0.2) is 25.1 Å². The Hall–Kier alpha value is -0.580. The van der Waals surface area contributed by atoms with Gasteiger partial charge < -0.3 is 0 Å². The molecule has 0 bridgehead atoms. The van der Waals surface area contributed by atoms with E-state index in [1.807, 2.05) is 12.1 Å². The zero-order valence-electron chi connectivity index (χ0n) is 8.46. The Morgan fingerprint density at radius 1 is 1.60 bits per heavy atom. The minimum atomic E-state index is -0.115. The van der Waals surface area contributed by atoms with Gasteiger partial charge in [-0.15, -0.1) is 0 Å². The number of benzene rings is 1. The quantitative estimate of drug-likeness (QED) is 0.802. The van der Waals surface area contributed by atoms with Crippen LogP contribution in [0.25, 0.3) is 0 Å². The van der Waals surface area contributed by atoms with E-state index in [2.05, 4.69) is 15.9 Å². The second-order valence-corrected chi connectivity index (χ2v) is 4.26.